The van der Waals surface area contributed by atoms with E-state index in [1.54, 1.807) is 25.7 Å². The maximum Gasteiger partial charge on any atom is 0.408 e. The predicted molar refractivity (Wildman–Crippen MR) is 155 cm³/mol. The number of amides is 3. The number of nitrogens with zero attached hydrogens (tertiary/aromatic N) is 1. The Morgan fingerprint density at radius 2 is 1.45 bits per heavy atom. The first kappa shape index (κ1) is 28.9. The number of alkyl carbamates (subject to hydrolysis) is 1. The zero-order valence-corrected chi connectivity index (χ0v) is 23.7. The molecule has 1 aliphatic rings. The molecule has 40 heavy (non-hydrogen) atoms. The van der Waals surface area contributed by atoms with Crippen LogP contribution in [0.25, 0.3) is 0 Å². The van der Waals surface area contributed by atoms with Crippen molar-refractivity contribution in [3.8, 4) is 0 Å². The monoisotopic (exact) mass is 541 g/mol. The summed E-state index contributed by atoms with van der Waals surface area (Å²) >= 11 is 0. The van der Waals surface area contributed by atoms with Crippen LogP contribution in [0.5, 0.6) is 0 Å². The number of ether oxygens (including phenoxy) is 1. The minimum atomic E-state index is -0.911. The summed E-state index contributed by atoms with van der Waals surface area (Å²) < 4.78 is 5.51. The number of hydrogen-bond donors (Lipinski definition) is 2. The van der Waals surface area contributed by atoms with Crippen molar-refractivity contribution < 1.29 is 19.1 Å². The van der Waals surface area contributed by atoms with Crippen molar-refractivity contribution in [2.75, 3.05) is 0 Å². The van der Waals surface area contributed by atoms with Crippen LogP contribution in [0.3, 0.4) is 0 Å². The first-order valence-electron chi connectivity index (χ1n) is 13.8. The molecule has 1 fully saturated rings. The van der Waals surface area contributed by atoms with Crippen LogP contribution in [-0.2, 0) is 27.3 Å². The van der Waals surface area contributed by atoms with Gasteiger partial charge >= 0.3 is 6.09 Å². The highest BCUT2D eigenvalue weighted by molar-refractivity contribution is 5.93. The molecule has 210 valence electrons. The van der Waals surface area contributed by atoms with Gasteiger partial charge in [0.1, 0.15) is 17.7 Å². The number of aryl methyl sites for hydroxylation is 1. The van der Waals surface area contributed by atoms with Crippen molar-refractivity contribution in [1.82, 2.24) is 15.5 Å². The van der Waals surface area contributed by atoms with Gasteiger partial charge < -0.3 is 20.3 Å². The molecule has 2 unspecified atom stereocenters. The van der Waals surface area contributed by atoms with Gasteiger partial charge in [-0.3, -0.25) is 9.59 Å². The molecule has 3 amide bonds. The van der Waals surface area contributed by atoms with Gasteiger partial charge in [0.2, 0.25) is 11.8 Å². The number of hydrogen-bond acceptors (Lipinski definition) is 4. The SMILES string of the molecule is Cc1ccccc1C(C(=O)NCc1ccccc1)N(C(=O)C(Cc1ccccc1)NC(=O)OC(C)(C)C)C1CC1. The summed E-state index contributed by atoms with van der Waals surface area (Å²) in [7, 11) is 0. The molecule has 3 aromatic rings. The lowest BCUT2D eigenvalue weighted by Gasteiger charge is -2.35. The van der Waals surface area contributed by atoms with Crippen LogP contribution < -0.4 is 10.6 Å². The van der Waals surface area contributed by atoms with Crippen molar-refractivity contribution >= 4 is 17.9 Å². The lowest BCUT2D eigenvalue weighted by atomic mass is 9.96. The van der Waals surface area contributed by atoms with Crippen LogP contribution in [0.4, 0.5) is 4.79 Å². The highest BCUT2D eigenvalue weighted by atomic mass is 16.6. The molecule has 1 saturated carbocycles. The summed E-state index contributed by atoms with van der Waals surface area (Å²) in [6.07, 6.45) is 1.20. The van der Waals surface area contributed by atoms with Crippen molar-refractivity contribution in [2.45, 2.75) is 77.2 Å². The van der Waals surface area contributed by atoms with Crippen LogP contribution in [0.1, 0.15) is 61.9 Å². The third-order valence-electron chi connectivity index (χ3n) is 6.79. The highest BCUT2D eigenvalue weighted by Gasteiger charge is 2.44. The Bertz CT molecular complexity index is 1300. The minimum absolute atomic E-state index is 0.0988. The van der Waals surface area contributed by atoms with Gasteiger partial charge in [-0.1, -0.05) is 84.9 Å². The normalized spacial score (nSPS) is 14.5. The summed E-state index contributed by atoms with van der Waals surface area (Å²) in [4.78, 5) is 42.9. The molecule has 7 nitrogen and oxygen atoms in total. The van der Waals surface area contributed by atoms with Crippen molar-refractivity contribution in [1.29, 1.82) is 0 Å². The quantitative estimate of drug-likeness (QED) is 0.356. The highest BCUT2D eigenvalue weighted by Crippen LogP contribution is 2.37. The zero-order chi connectivity index (χ0) is 28.7. The molecule has 7 heteroatoms. The minimum Gasteiger partial charge on any atom is -0.444 e. The van der Waals surface area contributed by atoms with Crippen LogP contribution in [0.2, 0.25) is 0 Å². The molecule has 0 heterocycles. The van der Waals surface area contributed by atoms with Crippen LogP contribution in [-0.4, -0.2) is 40.5 Å². The zero-order valence-electron chi connectivity index (χ0n) is 23.7. The van der Waals surface area contributed by atoms with Crippen molar-refractivity contribution in [3.05, 3.63) is 107 Å². The van der Waals surface area contributed by atoms with Crippen LogP contribution in [0, 0.1) is 6.92 Å². The van der Waals surface area contributed by atoms with Gasteiger partial charge in [0.05, 0.1) is 0 Å². The molecule has 3 aromatic carbocycles. The molecule has 0 radical (unpaired) electrons. The van der Waals surface area contributed by atoms with Gasteiger partial charge in [-0.25, -0.2) is 4.79 Å². The molecule has 0 aromatic heterocycles. The number of nitrogens with one attached hydrogen (secondary N) is 2. The summed E-state index contributed by atoms with van der Waals surface area (Å²) in [6.45, 7) is 7.63. The van der Waals surface area contributed by atoms with E-state index in [4.69, 9.17) is 4.74 Å². The van der Waals surface area contributed by atoms with E-state index < -0.39 is 23.8 Å². The molecule has 0 saturated heterocycles. The molecule has 2 N–H and O–H groups in total. The number of benzene rings is 3. The Morgan fingerprint density at radius 3 is 2.02 bits per heavy atom. The second kappa shape index (κ2) is 12.8. The van der Waals surface area contributed by atoms with Gasteiger partial charge in [0.25, 0.3) is 0 Å². The van der Waals surface area contributed by atoms with Gasteiger partial charge in [0.15, 0.2) is 0 Å². The van der Waals surface area contributed by atoms with Crippen molar-refractivity contribution in [3.63, 3.8) is 0 Å². The first-order valence-corrected chi connectivity index (χ1v) is 13.8. The Labute approximate surface area is 236 Å². The van der Waals surface area contributed by atoms with Crippen LogP contribution in [0.15, 0.2) is 84.9 Å². The Kier molecular flexibility index (Phi) is 9.25. The second-order valence-corrected chi connectivity index (χ2v) is 11.3. The smallest absolute Gasteiger partial charge is 0.408 e. The Morgan fingerprint density at radius 1 is 0.875 bits per heavy atom. The lowest BCUT2D eigenvalue weighted by molar-refractivity contribution is -0.143. The predicted octanol–water partition coefficient (Wildman–Crippen LogP) is 5.48. The number of rotatable bonds is 10. The summed E-state index contributed by atoms with van der Waals surface area (Å²) in [5.41, 5.74) is 2.83. The lowest BCUT2D eigenvalue weighted by Crippen LogP contribution is -2.54. The third kappa shape index (κ3) is 7.94. The van der Waals surface area contributed by atoms with E-state index in [0.717, 1.165) is 35.1 Å². The molecular weight excluding hydrogens is 502 g/mol. The molecule has 0 spiro atoms. The second-order valence-electron chi connectivity index (χ2n) is 11.3. The summed E-state index contributed by atoms with van der Waals surface area (Å²) in [5.74, 6) is -0.561. The van der Waals surface area contributed by atoms with Gasteiger partial charge in [-0.15, -0.1) is 0 Å². The molecule has 0 aliphatic heterocycles. The molecular formula is C33H39N3O4. The summed E-state index contributed by atoms with van der Waals surface area (Å²) in [5, 5.41) is 5.88. The van der Waals surface area contributed by atoms with E-state index in [1.165, 1.54) is 0 Å². The third-order valence-corrected chi connectivity index (χ3v) is 6.79. The maximum absolute atomic E-state index is 14.4. The Balaban J connectivity index is 1.68. The fourth-order valence-electron chi connectivity index (χ4n) is 4.74. The van der Waals surface area contributed by atoms with E-state index >= 15 is 0 Å². The van der Waals surface area contributed by atoms with E-state index in [-0.39, 0.29) is 24.3 Å². The van der Waals surface area contributed by atoms with Crippen molar-refractivity contribution in [2.24, 2.45) is 0 Å². The first-order chi connectivity index (χ1) is 19.1. The number of carbonyl (C=O) groups excluding carboxylic acids is 3. The average molecular weight is 542 g/mol. The van der Waals surface area contributed by atoms with E-state index in [9.17, 15) is 14.4 Å². The van der Waals surface area contributed by atoms with E-state index in [1.807, 2.05) is 91.9 Å². The van der Waals surface area contributed by atoms with Gasteiger partial charge in [0, 0.05) is 19.0 Å². The molecule has 0 bridgehead atoms. The van der Waals surface area contributed by atoms with E-state index in [2.05, 4.69) is 10.6 Å². The van der Waals surface area contributed by atoms with Crippen LogP contribution >= 0.6 is 0 Å². The van der Waals surface area contributed by atoms with Gasteiger partial charge in [-0.05, 0) is 62.8 Å². The Hall–Kier alpha value is -4.13. The largest absolute Gasteiger partial charge is 0.444 e. The average Bonchev–Trinajstić information content (AvgIpc) is 3.75. The standard InChI is InChI=1S/C33H39N3O4/c1-23-13-11-12-18-27(23)29(30(37)34-22-25-16-9-6-10-17-25)36(26-19-20-26)31(38)28(21-24-14-7-5-8-15-24)35-32(39)40-33(2,3)4/h5-18,26,28-29H,19-22H2,1-4H3,(H,34,37)(H,35,39). The topological polar surface area (TPSA) is 87.7 Å². The molecule has 1 aliphatic carbocycles. The molecule has 4 rings (SSSR count). The fourth-order valence-corrected chi connectivity index (χ4v) is 4.74. The fraction of sp³-hybridized carbons (Fsp3) is 0.364. The summed E-state index contributed by atoms with van der Waals surface area (Å²) in [6, 6.07) is 25.0. The maximum atomic E-state index is 14.4. The number of carbonyl (C=O) groups is 3. The van der Waals surface area contributed by atoms with Gasteiger partial charge in [-0.2, -0.15) is 0 Å². The van der Waals surface area contributed by atoms with E-state index in [0.29, 0.717) is 6.54 Å². The molecule has 2 atom stereocenters.